The highest BCUT2D eigenvalue weighted by Gasteiger charge is 2.40. The molecule has 6 aromatic rings. The number of anilines is 1. The van der Waals surface area contributed by atoms with E-state index < -0.39 is 30.3 Å². The van der Waals surface area contributed by atoms with Crippen LogP contribution in [0.3, 0.4) is 0 Å². The Morgan fingerprint density at radius 2 is 1.24 bits per heavy atom. The predicted molar refractivity (Wildman–Crippen MR) is 251 cm³/mol. The van der Waals surface area contributed by atoms with Crippen LogP contribution in [-0.2, 0) is 30.9 Å². The number of hydrogen-bond acceptors (Lipinski definition) is 8. The SMILES string of the molecule is CC(C)OC(=O)NC(C(=O)N1CCC[C@H]1C(=O)Nc1ccc2[nH]c(-c3ccc(-c4cn(C)c([C@@H]5CCCN5C(=O)C(NC(=O)OC(C)C)c5ccccc5)n4)cc3)cc2c1)c1ccccc1. The molecule has 0 radical (unpaired) electrons. The summed E-state index contributed by atoms with van der Waals surface area (Å²) in [7, 11) is 1.94. The van der Waals surface area contributed by atoms with Gasteiger partial charge < -0.3 is 44.8 Å². The van der Waals surface area contributed by atoms with Crippen molar-refractivity contribution in [1.82, 2.24) is 35.0 Å². The minimum Gasteiger partial charge on any atom is -0.447 e. The highest BCUT2D eigenvalue weighted by molar-refractivity contribution is 6.00. The number of alkyl carbamates (subject to hydrolysis) is 2. The van der Waals surface area contributed by atoms with Gasteiger partial charge in [-0.25, -0.2) is 14.6 Å². The van der Waals surface area contributed by atoms with E-state index >= 15 is 0 Å². The normalized spacial score (nSPS) is 16.9. The van der Waals surface area contributed by atoms with E-state index in [9.17, 15) is 24.0 Å². The summed E-state index contributed by atoms with van der Waals surface area (Å²) in [5, 5.41) is 9.45. The summed E-state index contributed by atoms with van der Waals surface area (Å²) >= 11 is 0. The van der Waals surface area contributed by atoms with Gasteiger partial charge in [0.25, 0.3) is 11.8 Å². The maximum absolute atomic E-state index is 14.2. The van der Waals surface area contributed by atoms with Gasteiger partial charge in [-0.1, -0.05) is 84.9 Å². The first-order valence-electron chi connectivity index (χ1n) is 22.6. The average Bonchev–Trinajstić information content (AvgIpc) is 4.14. The molecule has 15 nitrogen and oxygen atoms in total. The zero-order valence-corrected chi connectivity index (χ0v) is 37.8. The largest absolute Gasteiger partial charge is 0.447 e. The number of ether oxygens (including phenoxy) is 2. The predicted octanol–water partition coefficient (Wildman–Crippen LogP) is 8.58. The van der Waals surface area contributed by atoms with Crippen LogP contribution in [0.5, 0.6) is 0 Å². The van der Waals surface area contributed by atoms with Crippen molar-refractivity contribution in [1.29, 1.82) is 0 Å². The molecule has 4 aromatic carbocycles. The lowest BCUT2D eigenvalue weighted by Crippen LogP contribution is -2.48. The van der Waals surface area contributed by atoms with Gasteiger partial charge in [0.1, 0.15) is 23.9 Å². The Bertz CT molecular complexity index is 2700. The second-order valence-corrected chi connectivity index (χ2v) is 17.4. The average molecular weight is 893 g/mol. The van der Waals surface area contributed by atoms with Crippen LogP contribution in [0.1, 0.15) is 88.5 Å². The van der Waals surface area contributed by atoms with Gasteiger partial charge in [-0.15, -0.1) is 0 Å². The zero-order valence-electron chi connectivity index (χ0n) is 37.8. The number of aromatic nitrogens is 3. The standard InChI is InChI=1S/C51H56N8O7/c1-31(2)65-50(63)55-44(35-14-8-6-9-15-35)48(61)58-26-12-18-42(58)46-54-41(30-57(46)5)34-22-20-33(21-23-34)40-29-37-28-38(24-25-39(37)53-40)52-47(60)43-19-13-27-59(43)49(62)45(36-16-10-7-11-17-36)56-51(64)66-32(3)4/h6-11,14-17,20-25,28-32,42-45,53H,12-13,18-19,26-27H2,1-5H3,(H,52,60)(H,55,63)(H,56,64)/t42-,43-,44?,45?/m0/s1. The number of likely N-dealkylation sites (tertiary alicyclic amines) is 2. The van der Waals surface area contributed by atoms with Gasteiger partial charge in [0.05, 0.1) is 23.9 Å². The summed E-state index contributed by atoms with van der Waals surface area (Å²) in [4.78, 5) is 79.3. The van der Waals surface area contributed by atoms with E-state index in [0.717, 1.165) is 52.1 Å². The molecular formula is C51H56N8O7. The van der Waals surface area contributed by atoms with E-state index in [1.807, 2.05) is 108 Å². The van der Waals surface area contributed by atoms with Gasteiger partial charge in [-0.3, -0.25) is 14.4 Å². The highest BCUT2D eigenvalue weighted by Crippen LogP contribution is 2.36. The number of carbonyl (C=O) groups excluding carboxylic acids is 5. The second-order valence-electron chi connectivity index (χ2n) is 17.4. The van der Waals surface area contributed by atoms with Crippen LogP contribution in [0, 0.1) is 0 Å². The van der Waals surface area contributed by atoms with Crippen LogP contribution in [0.4, 0.5) is 15.3 Å². The summed E-state index contributed by atoms with van der Waals surface area (Å²) in [6.07, 6.45) is 2.60. The number of benzene rings is 4. The third-order valence-corrected chi connectivity index (χ3v) is 11.9. The third-order valence-electron chi connectivity index (χ3n) is 11.9. The zero-order chi connectivity index (χ0) is 46.5. The molecule has 2 saturated heterocycles. The quantitative estimate of drug-likeness (QED) is 0.0890. The number of H-pyrrole nitrogens is 1. The van der Waals surface area contributed by atoms with Crippen molar-refractivity contribution in [3.05, 3.63) is 132 Å². The van der Waals surface area contributed by atoms with Crippen molar-refractivity contribution in [2.24, 2.45) is 7.05 Å². The molecule has 4 atom stereocenters. The molecule has 0 bridgehead atoms. The molecule has 2 aliphatic heterocycles. The Balaban J connectivity index is 0.940. The van der Waals surface area contributed by atoms with Gasteiger partial charge in [-0.05, 0) is 94.3 Å². The Kier molecular flexibility index (Phi) is 13.5. The smallest absolute Gasteiger partial charge is 0.408 e. The summed E-state index contributed by atoms with van der Waals surface area (Å²) in [5.41, 5.74) is 6.30. The second kappa shape index (κ2) is 19.8. The molecule has 8 rings (SSSR count). The number of rotatable bonds is 13. The summed E-state index contributed by atoms with van der Waals surface area (Å²) < 4.78 is 12.6. The van der Waals surface area contributed by atoms with Crippen LogP contribution < -0.4 is 16.0 Å². The Morgan fingerprint density at radius 1 is 0.682 bits per heavy atom. The Hall–Kier alpha value is -7.42. The van der Waals surface area contributed by atoms with Crippen LogP contribution >= 0.6 is 0 Å². The topological polar surface area (TPSA) is 180 Å². The minimum atomic E-state index is -1.01. The van der Waals surface area contributed by atoms with Crippen molar-refractivity contribution in [3.8, 4) is 22.5 Å². The van der Waals surface area contributed by atoms with Crippen molar-refractivity contribution in [2.45, 2.75) is 89.8 Å². The molecule has 66 heavy (non-hydrogen) atoms. The van der Waals surface area contributed by atoms with Gasteiger partial charge in [0, 0.05) is 54.2 Å². The monoisotopic (exact) mass is 892 g/mol. The molecule has 4 N–H and O–H groups in total. The fourth-order valence-corrected chi connectivity index (χ4v) is 8.87. The van der Waals surface area contributed by atoms with Crippen molar-refractivity contribution in [2.75, 3.05) is 18.4 Å². The number of imidazole rings is 1. The molecule has 0 saturated carbocycles. The molecule has 2 fully saturated rings. The number of fused-ring (bicyclic) bond motifs is 1. The number of aryl methyl sites for hydroxylation is 1. The molecule has 2 unspecified atom stereocenters. The van der Waals surface area contributed by atoms with Gasteiger partial charge in [0.2, 0.25) is 5.91 Å². The molecule has 2 aliphatic rings. The third kappa shape index (κ3) is 10.1. The maximum atomic E-state index is 14.2. The first-order valence-corrected chi connectivity index (χ1v) is 22.6. The lowest BCUT2D eigenvalue weighted by Gasteiger charge is -2.29. The Labute approximate surface area is 383 Å². The first-order chi connectivity index (χ1) is 31.8. The molecule has 0 aliphatic carbocycles. The maximum Gasteiger partial charge on any atom is 0.408 e. The first kappa shape index (κ1) is 45.2. The molecule has 5 amide bonds. The minimum absolute atomic E-state index is 0.216. The van der Waals surface area contributed by atoms with Gasteiger partial charge >= 0.3 is 12.2 Å². The molecule has 4 heterocycles. The lowest BCUT2D eigenvalue weighted by molar-refractivity contribution is -0.138. The van der Waals surface area contributed by atoms with Crippen LogP contribution in [0.2, 0.25) is 0 Å². The molecule has 0 spiro atoms. The molecular weight excluding hydrogens is 837 g/mol. The van der Waals surface area contributed by atoms with Crippen molar-refractivity contribution in [3.63, 3.8) is 0 Å². The molecule has 15 heteroatoms. The number of aromatic amines is 1. The van der Waals surface area contributed by atoms with E-state index in [2.05, 4.69) is 20.9 Å². The van der Waals surface area contributed by atoms with Crippen LogP contribution in [0.25, 0.3) is 33.4 Å². The van der Waals surface area contributed by atoms with E-state index in [1.54, 1.807) is 56.9 Å². The summed E-state index contributed by atoms with van der Waals surface area (Å²) in [5.74, 6) is -0.127. The lowest BCUT2D eigenvalue weighted by atomic mass is 10.0. The van der Waals surface area contributed by atoms with Crippen LogP contribution in [-0.4, -0.2) is 85.6 Å². The van der Waals surface area contributed by atoms with Crippen LogP contribution in [0.15, 0.2) is 115 Å². The number of nitrogens with zero attached hydrogens (tertiary/aromatic N) is 4. The van der Waals surface area contributed by atoms with E-state index in [0.29, 0.717) is 42.7 Å². The molecule has 2 aromatic heterocycles. The summed E-state index contributed by atoms with van der Waals surface area (Å²) in [6, 6.07) is 31.0. The van der Waals surface area contributed by atoms with E-state index in [1.165, 1.54) is 0 Å². The summed E-state index contributed by atoms with van der Waals surface area (Å²) in [6.45, 7) is 7.92. The van der Waals surface area contributed by atoms with Crippen molar-refractivity contribution >= 4 is 46.5 Å². The number of nitrogens with one attached hydrogen (secondary N) is 4. The highest BCUT2D eigenvalue weighted by atomic mass is 16.6. The van der Waals surface area contributed by atoms with E-state index in [-0.39, 0.29) is 36.0 Å². The number of carbonyl (C=O) groups is 5. The van der Waals surface area contributed by atoms with Crippen molar-refractivity contribution < 1.29 is 33.4 Å². The molecule has 342 valence electrons. The van der Waals surface area contributed by atoms with E-state index in [4.69, 9.17) is 14.5 Å². The van der Waals surface area contributed by atoms with Gasteiger partial charge in [-0.2, -0.15) is 0 Å². The number of amides is 5. The fourth-order valence-electron chi connectivity index (χ4n) is 8.87. The fraction of sp³-hybridized carbons (Fsp3) is 0.333. The van der Waals surface area contributed by atoms with Gasteiger partial charge in [0.15, 0.2) is 0 Å². The number of hydrogen-bond donors (Lipinski definition) is 4. The Morgan fingerprint density at radius 3 is 1.85 bits per heavy atom.